The molecule has 5 nitrogen and oxygen atoms in total. The van der Waals surface area contributed by atoms with E-state index in [4.69, 9.17) is 9.84 Å². The van der Waals surface area contributed by atoms with Crippen molar-refractivity contribution in [1.29, 1.82) is 0 Å². The van der Waals surface area contributed by atoms with Crippen LogP contribution in [0, 0.1) is 5.82 Å². The van der Waals surface area contributed by atoms with E-state index in [0.717, 1.165) is 17.4 Å². The molecule has 0 spiro atoms. The fourth-order valence-electron chi connectivity index (χ4n) is 1.59. The molecule has 0 fully saturated rings. The molecule has 0 saturated carbocycles. The predicted molar refractivity (Wildman–Crippen MR) is 74.0 cm³/mol. The van der Waals surface area contributed by atoms with E-state index in [-0.39, 0.29) is 10.6 Å². The van der Waals surface area contributed by atoms with Gasteiger partial charge in [-0.3, -0.25) is 4.72 Å². The van der Waals surface area contributed by atoms with Crippen molar-refractivity contribution in [1.82, 2.24) is 0 Å². The quantitative estimate of drug-likeness (QED) is 0.886. The number of hydrogen-bond acceptors (Lipinski definition) is 5. The minimum atomic E-state index is -3.96. The van der Waals surface area contributed by atoms with Crippen LogP contribution in [-0.4, -0.2) is 20.6 Å². The molecule has 2 N–H and O–H groups in total. The van der Waals surface area contributed by atoms with Gasteiger partial charge < -0.3 is 9.84 Å². The number of rotatable bonds is 5. The molecule has 0 amide bonds. The lowest BCUT2D eigenvalue weighted by atomic mass is 10.3. The van der Waals surface area contributed by atoms with E-state index in [9.17, 15) is 12.8 Å². The molecule has 0 aliphatic rings. The van der Waals surface area contributed by atoms with E-state index in [0.29, 0.717) is 10.6 Å². The number of aliphatic hydroxyl groups excluding tert-OH is 1. The van der Waals surface area contributed by atoms with Gasteiger partial charge in [0.1, 0.15) is 16.5 Å². The lowest BCUT2D eigenvalue weighted by Crippen LogP contribution is -2.14. The van der Waals surface area contributed by atoms with Crippen LogP contribution in [0.2, 0.25) is 0 Å². The van der Waals surface area contributed by atoms with Crippen LogP contribution in [0.3, 0.4) is 0 Å². The summed E-state index contributed by atoms with van der Waals surface area (Å²) in [4.78, 5) is 0.230. The number of benzene rings is 1. The summed E-state index contributed by atoms with van der Waals surface area (Å²) < 4.78 is 45.0. The SMILES string of the molecule is COc1ccc(F)c(NS(=O)(=O)c2ccsc2CO)c1. The molecular weight excluding hydrogens is 305 g/mol. The Kier molecular flexibility index (Phi) is 4.26. The Morgan fingerprint density at radius 3 is 2.80 bits per heavy atom. The fourth-order valence-corrected chi connectivity index (χ4v) is 3.95. The summed E-state index contributed by atoms with van der Waals surface area (Å²) in [5, 5.41) is 10.6. The topological polar surface area (TPSA) is 75.6 Å². The Bertz CT molecular complexity index is 712. The Morgan fingerprint density at radius 2 is 2.15 bits per heavy atom. The molecular formula is C12H12FNO4S2. The normalized spacial score (nSPS) is 11.3. The Morgan fingerprint density at radius 1 is 1.40 bits per heavy atom. The molecule has 0 unspecified atom stereocenters. The molecule has 1 heterocycles. The van der Waals surface area contributed by atoms with Crippen molar-refractivity contribution in [2.75, 3.05) is 11.8 Å². The first-order chi connectivity index (χ1) is 9.47. The van der Waals surface area contributed by atoms with Crippen LogP contribution in [0.5, 0.6) is 5.75 Å². The van der Waals surface area contributed by atoms with Crippen LogP contribution in [-0.2, 0) is 16.6 Å². The van der Waals surface area contributed by atoms with Gasteiger partial charge in [0.15, 0.2) is 0 Å². The van der Waals surface area contributed by atoms with Gasteiger partial charge >= 0.3 is 0 Å². The summed E-state index contributed by atoms with van der Waals surface area (Å²) in [6.07, 6.45) is 0. The zero-order chi connectivity index (χ0) is 14.8. The monoisotopic (exact) mass is 317 g/mol. The molecule has 8 heteroatoms. The van der Waals surface area contributed by atoms with Crippen LogP contribution in [0.25, 0.3) is 0 Å². The van der Waals surface area contributed by atoms with Gasteiger partial charge in [-0.2, -0.15) is 0 Å². The maximum Gasteiger partial charge on any atom is 0.263 e. The van der Waals surface area contributed by atoms with E-state index < -0.39 is 22.4 Å². The standard InChI is InChI=1S/C12H12FNO4S2/c1-18-8-2-3-9(13)10(6-8)14-20(16,17)12-4-5-19-11(12)7-15/h2-6,14-15H,7H2,1H3. The van der Waals surface area contributed by atoms with Gasteiger partial charge in [0, 0.05) is 6.07 Å². The third-order valence-corrected chi connectivity index (χ3v) is 5.04. The van der Waals surface area contributed by atoms with Crippen molar-refractivity contribution in [3.63, 3.8) is 0 Å². The summed E-state index contributed by atoms with van der Waals surface area (Å²) in [5.41, 5.74) is -0.209. The first-order valence-electron chi connectivity index (χ1n) is 5.51. The second-order valence-corrected chi connectivity index (χ2v) is 6.47. The molecule has 20 heavy (non-hydrogen) atoms. The molecule has 1 aromatic carbocycles. The Balaban J connectivity index is 2.38. The van der Waals surface area contributed by atoms with Crippen molar-refractivity contribution in [2.45, 2.75) is 11.5 Å². The predicted octanol–water partition coefficient (Wildman–Crippen LogP) is 2.19. The summed E-state index contributed by atoms with van der Waals surface area (Å²) in [6.45, 7) is -0.394. The highest BCUT2D eigenvalue weighted by atomic mass is 32.2. The number of methoxy groups -OCH3 is 1. The molecule has 0 bridgehead atoms. The first-order valence-corrected chi connectivity index (χ1v) is 7.88. The molecule has 0 radical (unpaired) electrons. The number of nitrogens with one attached hydrogen (secondary N) is 1. The van der Waals surface area contributed by atoms with E-state index in [1.54, 1.807) is 5.38 Å². The highest BCUT2D eigenvalue weighted by Crippen LogP contribution is 2.27. The molecule has 0 atom stereocenters. The van der Waals surface area contributed by atoms with Crippen LogP contribution in [0.15, 0.2) is 34.5 Å². The van der Waals surface area contributed by atoms with E-state index in [1.807, 2.05) is 0 Å². The van der Waals surface area contributed by atoms with Crippen LogP contribution >= 0.6 is 11.3 Å². The van der Waals surface area contributed by atoms with Crippen LogP contribution in [0.1, 0.15) is 4.88 Å². The fraction of sp³-hybridized carbons (Fsp3) is 0.167. The van der Waals surface area contributed by atoms with Crippen molar-refractivity contribution in [3.8, 4) is 5.75 Å². The lowest BCUT2D eigenvalue weighted by Gasteiger charge is -2.10. The number of hydrogen-bond donors (Lipinski definition) is 2. The van der Waals surface area contributed by atoms with Crippen molar-refractivity contribution in [3.05, 3.63) is 40.3 Å². The maximum absolute atomic E-state index is 13.6. The van der Waals surface area contributed by atoms with E-state index in [1.165, 1.54) is 25.3 Å². The molecule has 1 aromatic heterocycles. The number of thiophene rings is 1. The smallest absolute Gasteiger partial charge is 0.263 e. The zero-order valence-electron chi connectivity index (χ0n) is 10.5. The molecule has 0 saturated heterocycles. The average molecular weight is 317 g/mol. The second kappa shape index (κ2) is 5.78. The van der Waals surface area contributed by atoms with Crippen LogP contribution < -0.4 is 9.46 Å². The van der Waals surface area contributed by atoms with Gasteiger partial charge in [-0.1, -0.05) is 0 Å². The van der Waals surface area contributed by atoms with E-state index in [2.05, 4.69) is 4.72 Å². The molecule has 2 rings (SSSR count). The number of anilines is 1. The molecule has 0 aliphatic heterocycles. The number of ether oxygens (including phenoxy) is 1. The minimum Gasteiger partial charge on any atom is -0.497 e. The summed E-state index contributed by atoms with van der Waals surface area (Å²) in [7, 11) is -2.56. The highest BCUT2D eigenvalue weighted by Gasteiger charge is 2.21. The Labute approximate surface area is 119 Å². The summed E-state index contributed by atoms with van der Waals surface area (Å²) in [6, 6.07) is 5.10. The van der Waals surface area contributed by atoms with Gasteiger partial charge in [-0.25, -0.2) is 12.8 Å². The van der Waals surface area contributed by atoms with Crippen molar-refractivity contribution < 1.29 is 22.7 Å². The molecule has 2 aromatic rings. The van der Waals surface area contributed by atoms with Gasteiger partial charge in [0.05, 0.1) is 24.3 Å². The zero-order valence-corrected chi connectivity index (χ0v) is 12.1. The number of halogens is 1. The van der Waals surface area contributed by atoms with Gasteiger partial charge in [-0.15, -0.1) is 11.3 Å². The highest BCUT2D eigenvalue weighted by molar-refractivity contribution is 7.93. The summed E-state index contributed by atoms with van der Waals surface area (Å²) >= 11 is 1.11. The first kappa shape index (κ1) is 14.8. The molecule has 0 aliphatic carbocycles. The number of aliphatic hydroxyl groups is 1. The second-order valence-electron chi connectivity index (χ2n) is 3.82. The molecule has 108 valence electrons. The minimum absolute atomic E-state index is 0.0628. The Hall–Kier alpha value is -1.64. The van der Waals surface area contributed by atoms with E-state index >= 15 is 0 Å². The lowest BCUT2D eigenvalue weighted by molar-refractivity contribution is 0.282. The number of sulfonamides is 1. The maximum atomic E-state index is 13.6. The summed E-state index contributed by atoms with van der Waals surface area (Å²) in [5.74, 6) is -0.382. The van der Waals surface area contributed by atoms with Gasteiger partial charge in [0.25, 0.3) is 10.0 Å². The van der Waals surface area contributed by atoms with Crippen molar-refractivity contribution >= 4 is 27.0 Å². The third-order valence-electron chi connectivity index (χ3n) is 2.56. The van der Waals surface area contributed by atoms with Crippen LogP contribution in [0.4, 0.5) is 10.1 Å². The average Bonchev–Trinajstić information content (AvgIpc) is 2.90. The van der Waals surface area contributed by atoms with Crippen molar-refractivity contribution in [2.24, 2.45) is 0 Å². The van der Waals surface area contributed by atoms with Gasteiger partial charge in [-0.05, 0) is 23.6 Å². The van der Waals surface area contributed by atoms with Gasteiger partial charge in [0.2, 0.25) is 0 Å². The largest absolute Gasteiger partial charge is 0.497 e. The third kappa shape index (κ3) is 2.92.